The van der Waals surface area contributed by atoms with Gasteiger partial charge in [-0.15, -0.1) is 0 Å². The molecule has 0 fully saturated rings. The van der Waals surface area contributed by atoms with E-state index in [0.717, 1.165) is 5.56 Å². The van der Waals surface area contributed by atoms with Gasteiger partial charge < -0.3 is 9.30 Å². The molecule has 1 heterocycles. The van der Waals surface area contributed by atoms with Crippen molar-refractivity contribution < 1.29 is 9.53 Å². The number of methoxy groups -OCH3 is 1. The second kappa shape index (κ2) is 6.46. The van der Waals surface area contributed by atoms with E-state index in [9.17, 15) is 9.59 Å². The molecule has 0 radical (unpaired) electrons. The lowest BCUT2D eigenvalue weighted by Crippen LogP contribution is -2.25. The number of nitriles is 1. The van der Waals surface area contributed by atoms with E-state index in [-0.39, 0.29) is 12.0 Å². The predicted octanol–water partition coefficient (Wildman–Crippen LogP) is 2.72. The molecule has 2 aromatic carbocycles. The number of aryl methyl sites for hydroxylation is 1. The van der Waals surface area contributed by atoms with Crippen molar-refractivity contribution in [2.24, 2.45) is 0 Å². The van der Waals surface area contributed by atoms with Crippen molar-refractivity contribution in [2.75, 3.05) is 7.11 Å². The van der Waals surface area contributed by atoms with Crippen LogP contribution in [-0.4, -0.2) is 17.6 Å². The molecule has 7 heteroatoms. The zero-order valence-electron chi connectivity index (χ0n) is 13.6. The second-order valence-corrected chi connectivity index (χ2v) is 5.98. The summed E-state index contributed by atoms with van der Waals surface area (Å²) in [6.45, 7) is 1.74. The standard InChI is InChI=1S/C18H14ClN3O3/c1-10-3-4-11-14(7-10)22(8-15(23)21-9-20)16-12(17(11)24)5-6-13(19)18(16)25-2/h3-7H,8H2,1-2H3,(H,21,23). The van der Waals surface area contributed by atoms with Crippen LogP contribution in [-0.2, 0) is 11.3 Å². The largest absolute Gasteiger partial charge is 0.493 e. The predicted molar refractivity (Wildman–Crippen MR) is 95.8 cm³/mol. The van der Waals surface area contributed by atoms with Crippen LogP contribution in [0.4, 0.5) is 0 Å². The van der Waals surface area contributed by atoms with E-state index in [0.29, 0.717) is 32.6 Å². The van der Waals surface area contributed by atoms with Crippen molar-refractivity contribution in [3.63, 3.8) is 0 Å². The third kappa shape index (κ3) is 2.79. The number of ether oxygens (including phenoxy) is 1. The summed E-state index contributed by atoms with van der Waals surface area (Å²) in [5, 5.41) is 12.0. The van der Waals surface area contributed by atoms with Crippen LogP contribution in [0.15, 0.2) is 35.1 Å². The second-order valence-electron chi connectivity index (χ2n) is 5.57. The number of fused-ring (bicyclic) bond motifs is 2. The van der Waals surface area contributed by atoms with Gasteiger partial charge in [0, 0.05) is 5.39 Å². The molecule has 0 aliphatic rings. The van der Waals surface area contributed by atoms with Crippen LogP contribution in [0.3, 0.4) is 0 Å². The number of carbonyl (C=O) groups is 1. The lowest BCUT2D eigenvalue weighted by atomic mass is 10.1. The Bertz CT molecular complexity index is 1110. The Hall–Kier alpha value is -3.04. The van der Waals surface area contributed by atoms with Gasteiger partial charge in [0.25, 0.3) is 5.91 Å². The molecule has 0 bridgehead atoms. The number of hydrogen-bond acceptors (Lipinski definition) is 4. The van der Waals surface area contributed by atoms with Crippen LogP contribution >= 0.6 is 11.6 Å². The Morgan fingerprint density at radius 2 is 2.04 bits per heavy atom. The number of halogens is 1. The first-order valence-corrected chi connectivity index (χ1v) is 7.83. The summed E-state index contributed by atoms with van der Waals surface area (Å²) < 4.78 is 7.04. The SMILES string of the molecule is COc1c(Cl)ccc2c(=O)c3ccc(C)cc3n(CC(=O)NC#N)c12. The zero-order chi connectivity index (χ0) is 18.1. The van der Waals surface area contributed by atoms with Crippen molar-refractivity contribution in [2.45, 2.75) is 13.5 Å². The molecule has 0 aliphatic heterocycles. The minimum Gasteiger partial charge on any atom is -0.493 e. The number of benzene rings is 2. The van der Waals surface area contributed by atoms with Gasteiger partial charge in [-0.05, 0) is 36.8 Å². The Morgan fingerprint density at radius 3 is 2.72 bits per heavy atom. The number of aromatic nitrogens is 1. The minimum absolute atomic E-state index is 0.152. The number of carbonyl (C=O) groups excluding carboxylic acids is 1. The molecule has 25 heavy (non-hydrogen) atoms. The Labute approximate surface area is 148 Å². The average Bonchev–Trinajstić information content (AvgIpc) is 2.58. The summed E-state index contributed by atoms with van der Waals surface area (Å²) in [6, 6.07) is 8.58. The Kier molecular flexibility index (Phi) is 4.34. The van der Waals surface area contributed by atoms with Gasteiger partial charge in [-0.1, -0.05) is 17.7 Å². The Balaban J connectivity index is 2.52. The van der Waals surface area contributed by atoms with Crippen LogP contribution < -0.4 is 15.5 Å². The third-order valence-corrected chi connectivity index (χ3v) is 4.29. The number of nitrogens with zero attached hydrogens (tertiary/aromatic N) is 2. The van der Waals surface area contributed by atoms with E-state index in [4.69, 9.17) is 21.6 Å². The van der Waals surface area contributed by atoms with E-state index >= 15 is 0 Å². The lowest BCUT2D eigenvalue weighted by Gasteiger charge is -2.17. The number of amides is 1. The van der Waals surface area contributed by atoms with E-state index in [1.165, 1.54) is 7.11 Å². The number of pyridine rings is 1. The molecular weight excluding hydrogens is 342 g/mol. The first-order valence-electron chi connectivity index (χ1n) is 7.45. The molecule has 0 aliphatic carbocycles. The van der Waals surface area contributed by atoms with Gasteiger partial charge in [0.15, 0.2) is 17.4 Å². The molecule has 126 valence electrons. The maximum Gasteiger partial charge on any atom is 0.252 e. The van der Waals surface area contributed by atoms with Crippen molar-refractivity contribution in [3.8, 4) is 11.9 Å². The Morgan fingerprint density at radius 1 is 1.32 bits per heavy atom. The van der Waals surface area contributed by atoms with E-state index < -0.39 is 5.91 Å². The maximum atomic E-state index is 12.9. The van der Waals surface area contributed by atoms with Crippen LogP contribution in [0, 0.1) is 18.4 Å². The van der Waals surface area contributed by atoms with Crippen molar-refractivity contribution in [1.29, 1.82) is 5.26 Å². The summed E-state index contributed by atoms with van der Waals surface area (Å²) >= 11 is 6.21. The van der Waals surface area contributed by atoms with Crippen molar-refractivity contribution >= 4 is 39.3 Å². The zero-order valence-corrected chi connectivity index (χ0v) is 14.3. The first kappa shape index (κ1) is 16.8. The highest BCUT2D eigenvalue weighted by Gasteiger charge is 2.18. The third-order valence-electron chi connectivity index (χ3n) is 3.99. The summed E-state index contributed by atoms with van der Waals surface area (Å²) in [5.41, 5.74) is 1.76. The quantitative estimate of drug-likeness (QED) is 0.445. The average molecular weight is 356 g/mol. The molecule has 0 spiro atoms. The molecule has 0 saturated carbocycles. The molecule has 1 amide bonds. The molecule has 0 saturated heterocycles. The smallest absolute Gasteiger partial charge is 0.252 e. The van der Waals surface area contributed by atoms with E-state index in [1.807, 2.05) is 19.1 Å². The highest BCUT2D eigenvalue weighted by Crippen LogP contribution is 2.34. The molecule has 3 aromatic rings. The van der Waals surface area contributed by atoms with Gasteiger partial charge in [-0.2, -0.15) is 5.26 Å². The monoisotopic (exact) mass is 355 g/mol. The van der Waals surface area contributed by atoms with E-state index in [2.05, 4.69) is 5.32 Å². The van der Waals surface area contributed by atoms with E-state index in [1.54, 1.807) is 29.0 Å². The minimum atomic E-state index is -0.503. The number of nitrogens with one attached hydrogen (secondary N) is 1. The molecule has 6 nitrogen and oxygen atoms in total. The highest BCUT2D eigenvalue weighted by molar-refractivity contribution is 6.33. The van der Waals surface area contributed by atoms with Crippen molar-refractivity contribution in [1.82, 2.24) is 9.88 Å². The van der Waals surface area contributed by atoms with Gasteiger partial charge >= 0.3 is 0 Å². The molecule has 1 N–H and O–H groups in total. The highest BCUT2D eigenvalue weighted by atomic mass is 35.5. The first-order chi connectivity index (χ1) is 12.0. The summed E-state index contributed by atoms with van der Waals surface area (Å²) in [4.78, 5) is 24.9. The fraction of sp³-hybridized carbons (Fsp3) is 0.167. The van der Waals surface area contributed by atoms with Crippen molar-refractivity contribution in [3.05, 3.63) is 51.1 Å². The normalized spacial score (nSPS) is 10.6. The molecular formula is C18H14ClN3O3. The molecule has 3 rings (SSSR count). The van der Waals surface area contributed by atoms with Gasteiger partial charge in [-0.3, -0.25) is 14.9 Å². The van der Waals surface area contributed by atoms with Crippen LogP contribution in [0.5, 0.6) is 5.75 Å². The maximum absolute atomic E-state index is 12.9. The van der Waals surface area contributed by atoms with Crippen LogP contribution in [0.1, 0.15) is 5.56 Å². The van der Waals surface area contributed by atoms with Gasteiger partial charge in [0.05, 0.1) is 28.6 Å². The van der Waals surface area contributed by atoms with Gasteiger partial charge in [0.1, 0.15) is 6.54 Å². The van der Waals surface area contributed by atoms with Crippen LogP contribution in [0.25, 0.3) is 21.8 Å². The fourth-order valence-electron chi connectivity index (χ4n) is 2.92. The molecule has 0 unspecified atom stereocenters. The summed E-state index contributed by atoms with van der Waals surface area (Å²) in [5.74, 6) is -0.193. The lowest BCUT2D eigenvalue weighted by molar-refractivity contribution is -0.120. The summed E-state index contributed by atoms with van der Waals surface area (Å²) in [6.07, 6.45) is 1.61. The topological polar surface area (TPSA) is 84.1 Å². The summed E-state index contributed by atoms with van der Waals surface area (Å²) in [7, 11) is 1.45. The molecule has 1 aromatic heterocycles. The molecule has 0 atom stereocenters. The number of hydrogen-bond donors (Lipinski definition) is 1. The van der Waals surface area contributed by atoms with Crippen LogP contribution in [0.2, 0.25) is 5.02 Å². The van der Waals surface area contributed by atoms with Gasteiger partial charge in [0.2, 0.25) is 0 Å². The van der Waals surface area contributed by atoms with Gasteiger partial charge in [-0.25, -0.2) is 0 Å². The fourth-order valence-corrected chi connectivity index (χ4v) is 3.15. The number of rotatable bonds is 3.